The molecule has 10 heteroatoms. The Balaban J connectivity index is 3.20. The Morgan fingerprint density at radius 2 is 1.88 bits per heavy atom. The minimum atomic E-state index is -5.27. The summed E-state index contributed by atoms with van der Waals surface area (Å²) in [5.74, 6) is -5.17. The first-order valence-corrected chi connectivity index (χ1v) is 8.17. The Bertz CT molecular complexity index is 606. The van der Waals surface area contributed by atoms with Crippen molar-refractivity contribution in [1.82, 2.24) is 5.32 Å². The second-order valence-corrected chi connectivity index (χ2v) is 6.41. The van der Waals surface area contributed by atoms with Gasteiger partial charge in [-0.05, 0) is 25.5 Å². The van der Waals surface area contributed by atoms with E-state index in [4.69, 9.17) is 28.9 Å². The molecule has 1 aromatic rings. The van der Waals surface area contributed by atoms with Crippen LogP contribution in [0.15, 0.2) is 12.1 Å². The molecule has 0 aliphatic rings. The second kappa shape index (κ2) is 8.44. The number of carbonyl (C=O) groups excluding carboxylic acids is 1. The van der Waals surface area contributed by atoms with E-state index in [0.29, 0.717) is 6.42 Å². The van der Waals surface area contributed by atoms with Crippen molar-refractivity contribution in [3.05, 3.63) is 27.7 Å². The zero-order valence-electron chi connectivity index (χ0n) is 13.6. The molecule has 2 unspecified atom stereocenters. The van der Waals surface area contributed by atoms with E-state index in [2.05, 4.69) is 10.1 Å². The van der Waals surface area contributed by atoms with Crippen molar-refractivity contribution in [3.63, 3.8) is 0 Å². The molecule has 0 saturated carbocycles. The van der Waals surface area contributed by atoms with E-state index in [1.165, 1.54) is 0 Å². The topological polar surface area (TPSA) is 84.6 Å². The van der Waals surface area contributed by atoms with Crippen molar-refractivity contribution in [1.29, 1.82) is 0 Å². The molecule has 25 heavy (non-hydrogen) atoms. The van der Waals surface area contributed by atoms with Crippen LogP contribution in [-0.2, 0) is 15.3 Å². The Morgan fingerprint density at radius 3 is 2.32 bits per heavy atom. The molecule has 1 rings (SSSR count). The normalized spacial score (nSPS) is 15.5. The zero-order chi connectivity index (χ0) is 19.4. The number of halogens is 5. The van der Waals surface area contributed by atoms with Crippen LogP contribution in [0.1, 0.15) is 32.3 Å². The molecule has 0 bridgehead atoms. The summed E-state index contributed by atoms with van der Waals surface area (Å²) in [6.07, 6.45) is -3.76. The third kappa shape index (κ3) is 5.91. The molecule has 0 saturated heterocycles. The molecular formula is C15H19Cl2F3N2O3. The van der Waals surface area contributed by atoms with E-state index >= 15 is 0 Å². The number of nitrogen functional groups attached to an aromatic ring is 1. The van der Waals surface area contributed by atoms with Crippen molar-refractivity contribution in [2.45, 2.75) is 44.7 Å². The van der Waals surface area contributed by atoms with Gasteiger partial charge in [0.1, 0.15) is 0 Å². The molecular weight excluding hydrogens is 384 g/mol. The molecule has 4 N–H and O–H groups in total. The number of nitrogens with two attached hydrogens (primary N) is 1. The number of carbonyl (C=O) groups is 1. The maximum atomic E-state index is 12.6. The van der Waals surface area contributed by atoms with Gasteiger partial charge < -0.3 is 20.9 Å². The summed E-state index contributed by atoms with van der Waals surface area (Å²) < 4.78 is 42.0. The number of hydrogen-bond donors (Lipinski definition) is 3. The third-order valence-electron chi connectivity index (χ3n) is 3.43. The molecule has 5 nitrogen and oxygen atoms in total. The Kier molecular flexibility index (Phi) is 7.37. The number of aliphatic hydroxyl groups is 1. The van der Waals surface area contributed by atoms with Crippen LogP contribution in [0.2, 0.25) is 10.0 Å². The van der Waals surface area contributed by atoms with E-state index in [-0.39, 0.29) is 27.3 Å². The summed E-state index contributed by atoms with van der Waals surface area (Å²) in [5, 5.41) is 13.2. The van der Waals surface area contributed by atoms with E-state index < -0.39 is 24.5 Å². The minimum absolute atomic E-state index is 0.0103. The van der Waals surface area contributed by atoms with Crippen LogP contribution in [0.4, 0.5) is 18.9 Å². The molecule has 1 aromatic carbocycles. The van der Waals surface area contributed by atoms with E-state index in [9.17, 15) is 23.1 Å². The molecule has 0 spiro atoms. The summed E-state index contributed by atoms with van der Waals surface area (Å²) in [6, 6.07) is 2.05. The fourth-order valence-electron chi connectivity index (χ4n) is 2.07. The van der Waals surface area contributed by atoms with Crippen LogP contribution in [0.3, 0.4) is 0 Å². The highest BCUT2D eigenvalue weighted by molar-refractivity contribution is 6.38. The van der Waals surface area contributed by atoms with Crippen molar-refractivity contribution >= 4 is 34.9 Å². The number of benzene rings is 1. The highest BCUT2D eigenvalue weighted by Gasteiger charge is 2.47. The van der Waals surface area contributed by atoms with Crippen LogP contribution in [0.25, 0.3) is 0 Å². The molecule has 0 fully saturated rings. The van der Waals surface area contributed by atoms with Gasteiger partial charge in [-0.15, -0.1) is 0 Å². The first-order chi connectivity index (χ1) is 11.4. The number of hydrogen-bond acceptors (Lipinski definition) is 5. The first-order valence-electron chi connectivity index (χ1n) is 7.41. The monoisotopic (exact) mass is 402 g/mol. The van der Waals surface area contributed by atoms with Crippen molar-refractivity contribution < 1.29 is 27.8 Å². The van der Waals surface area contributed by atoms with Gasteiger partial charge in [0.2, 0.25) is 0 Å². The van der Waals surface area contributed by atoms with Crippen LogP contribution < -0.4 is 11.1 Å². The molecule has 142 valence electrons. The van der Waals surface area contributed by atoms with Crippen LogP contribution in [0, 0.1) is 0 Å². The standard InChI is InChI=1S/C15H19Cl2F3N2O3/c1-3-4-8(2)22-7-14(24,25-13(23)15(18,19)20)9-5-10(16)12(21)11(17)6-9/h5-6,8,22,24H,3-4,7,21H2,1-2H3. The summed E-state index contributed by atoms with van der Waals surface area (Å²) in [7, 11) is 0. The Labute approximate surface area is 153 Å². The lowest BCUT2D eigenvalue weighted by molar-refractivity contribution is -0.251. The molecule has 0 heterocycles. The predicted octanol–water partition coefficient (Wildman–Crippen LogP) is 3.60. The second-order valence-electron chi connectivity index (χ2n) is 5.60. The largest absolute Gasteiger partial charge is 0.491 e. The maximum Gasteiger partial charge on any atom is 0.491 e. The third-order valence-corrected chi connectivity index (χ3v) is 4.06. The number of nitrogens with one attached hydrogen (secondary N) is 1. The summed E-state index contributed by atoms with van der Waals surface area (Å²) >= 11 is 11.7. The van der Waals surface area contributed by atoms with Crippen LogP contribution in [0.5, 0.6) is 0 Å². The summed E-state index contributed by atoms with van der Waals surface area (Å²) in [6.45, 7) is 3.21. The first kappa shape index (κ1) is 21.8. The quantitative estimate of drug-likeness (QED) is 0.368. The average molecular weight is 403 g/mol. The van der Waals surface area contributed by atoms with Gasteiger partial charge >= 0.3 is 12.1 Å². The van der Waals surface area contributed by atoms with Gasteiger partial charge in [-0.3, -0.25) is 0 Å². The fourth-order valence-corrected chi connectivity index (χ4v) is 2.55. The van der Waals surface area contributed by atoms with Gasteiger partial charge in [-0.25, -0.2) is 4.79 Å². The SMILES string of the molecule is CCCC(C)NCC(O)(OC(=O)C(F)(F)F)c1cc(Cl)c(N)c(Cl)c1. The van der Waals surface area contributed by atoms with E-state index in [1.54, 1.807) is 6.92 Å². The number of alkyl halides is 3. The molecule has 0 aliphatic heterocycles. The lowest BCUT2D eigenvalue weighted by atomic mass is 10.0. The minimum Gasteiger partial charge on any atom is -0.421 e. The van der Waals surface area contributed by atoms with E-state index in [0.717, 1.165) is 18.6 Å². The zero-order valence-corrected chi connectivity index (χ0v) is 15.1. The van der Waals surface area contributed by atoms with E-state index in [1.807, 2.05) is 6.92 Å². The van der Waals surface area contributed by atoms with Crippen LogP contribution >= 0.6 is 23.2 Å². The van der Waals surface area contributed by atoms with Gasteiger partial charge in [0.25, 0.3) is 5.79 Å². The van der Waals surface area contributed by atoms with Gasteiger partial charge in [0.15, 0.2) is 0 Å². The molecule has 0 radical (unpaired) electrons. The Hall–Kier alpha value is -1.22. The highest BCUT2D eigenvalue weighted by Crippen LogP contribution is 2.35. The lowest BCUT2D eigenvalue weighted by Gasteiger charge is -2.30. The van der Waals surface area contributed by atoms with Gasteiger partial charge in [0, 0.05) is 11.6 Å². The molecule has 0 amide bonds. The summed E-state index contributed by atoms with van der Waals surface area (Å²) in [4.78, 5) is 11.2. The lowest BCUT2D eigenvalue weighted by Crippen LogP contribution is -2.47. The number of anilines is 1. The molecule has 2 atom stereocenters. The van der Waals surface area contributed by atoms with Crippen LogP contribution in [-0.4, -0.2) is 29.8 Å². The van der Waals surface area contributed by atoms with Crippen molar-refractivity contribution in [3.8, 4) is 0 Å². The Morgan fingerprint density at radius 1 is 1.36 bits per heavy atom. The van der Waals surface area contributed by atoms with Gasteiger partial charge in [-0.1, -0.05) is 36.5 Å². The molecule has 0 aromatic heterocycles. The highest BCUT2D eigenvalue weighted by atomic mass is 35.5. The van der Waals surface area contributed by atoms with Gasteiger partial charge in [-0.2, -0.15) is 13.2 Å². The molecule has 0 aliphatic carbocycles. The maximum absolute atomic E-state index is 12.6. The number of esters is 1. The number of ether oxygens (including phenoxy) is 1. The smallest absolute Gasteiger partial charge is 0.421 e. The predicted molar refractivity (Wildman–Crippen MR) is 89.3 cm³/mol. The van der Waals surface area contributed by atoms with Crippen molar-refractivity contribution in [2.75, 3.05) is 12.3 Å². The fraction of sp³-hybridized carbons (Fsp3) is 0.533. The van der Waals surface area contributed by atoms with Gasteiger partial charge in [0.05, 0.1) is 22.3 Å². The average Bonchev–Trinajstić information content (AvgIpc) is 2.49. The summed E-state index contributed by atoms with van der Waals surface area (Å²) in [5.41, 5.74) is 5.34. The number of rotatable bonds is 7. The van der Waals surface area contributed by atoms with Crippen molar-refractivity contribution in [2.24, 2.45) is 0 Å².